The second-order valence-corrected chi connectivity index (χ2v) is 7.12. The monoisotopic (exact) mass is 337 g/mol. The molecule has 0 unspecified atom stereocenters. The molecule has 1 fully saturated rings. The van der Waals surface area contributed by atoms with Gasteiger partial charge < -0.3 is 16.0 Å². The van der Waals surface area contributed by atoms with Crippen LogP contribution < -0.4 is 11.1 Å². The molecule has 3 N–H and O–H groups in total. The Morgan fingerprint density at radius 2 is 1.96 bits per heavy atom. The van der Waals surface area contributed by atoms with Crippen molar-refractivity contribution >= 4 is 29.1 Å². The van der Waals surface area contributed by atoms with Crippen molar-refractivity contribution in [2.24, 2.45) is 17.6 Å². The topological polar surface area (TPSA) is 92.5 Å². The van der Waals surface area contributed by atoms with Gasteiger partial charge in [0, 0.05) is 19.0 Å². The molecule has 0 aromatic carbocycles. The first kappa shape index (κ1) is 17.5. The molecule has 2 rings (SSSR count). The summed E-state index contributed by atoms with van der Waals surface area (Å²) in [4.78, 5) is 38.5. The van der Waals surface area contributed by atoms with Gasteiger partial charge >= 0.3 is 0 Å². The molecular formula is C16H23N3O3S. The minimum absolute atomic E-state index is 0.0136. The lowest BCUT2D eigenvalue weighted by Crippen LogP contribution is -2.53. The maximum Gasteiger partial charge on any atom is 0.262 e. The van der Waals surface area contributed by atoms with Crippen molar-refractivity contribution in [3.8, 4) is 0 Å². The molecule has 0 bridgehead atoms. The molecule has 0 spiro atoms. The van der Waals surface area contributed by atoms with Gasteiger partial charge in [-0.15, -0.1) is 11.3 Å². The van der Waals surface area contributed by atoms with Crippen LogP contribution >= 0.6 is 11.3 Å². The van der Waals surface area contributed by atoms with Gasteiger partial charge in [-0.2, -0.15) is 0 Å². The molecule has 3 amide bonds. The molecular weight excluding hydrogens is 314 g/mol. The first-order valence-electron chi connectivity index (χ1n) is 7.82. The van der Waals surface area contributed by atoms with Crippen LogP contribution in [0.2, 0.25) is 0 Å². The Bertz CT molecular complexity index is 563. The molecule has 1 atom stereocenters. The molecule has 0 saturated carbocycles. The summed E-state index contributed by atoms with van der Waals surface area (Å²) >= 11 is 1.35. The van der Waals surface area contributed by atoms with Crippen molar-refractivity contribution in [3.05, 3.63) is 22.4 Å². The summed E-state index contributed by atoms with van der Waals surface area (Å²) < 4.78 is 0. The molecule has 0 radical (unpaired) electrons. The van der Waals surface area contributed by atoms with E-state index in [4.69, 9.17) is 5.73 Å². The summed E-state index contributed by atoms with van der Waals surface area (Å²) in [5.41, 5.74) is 5.32. The highest BCUT2D eigenvalue weighted by Gasteiger charge is 2.32. The summed E-state index contributed by atoms with van der Waals surface area (Å²) in [5, 5.41) is 4.67. The number of nitrogens with one attached hydrogen (secondary N) is 1. The number of piperidine rings is 1. The predicted octanol–water partition coefficient (Wildman–Crippen LogP) is 1.23. The third-order valence-corrected chi connectivity index (χ3v) is 5.04. The Morgan fingerprint density at radius 1 is 1.30 bits per heavy atom. The zero-order valence-electron chi connectivity index (χ0n) is 13.5. The molecule has 1 saturated heterocycles. The predicted molar refractivity (Wildman–Crippen MR) is 88.9 cm³/mol. The highest BCUT2D eigenvalue weighted by Crippen LogP contribution is 2.19. The fraction of sp³-hybridized carbons (Fsp3) is 0.562. The first-order chi connectivity index (χ1) is 10.9. The highest BCUT2D eigenvalue weighted by molar-refractivity contribution is 7.12. The maximum absolute atomic E-state index is 12.7. The summed E-state index contributed by atoms with van der Waals surface area (Å²) in [6.07, 6.45) is 1.18. The quantitative estimate of drug-likeness (QED) is 0.846. The van der Waals surface area contributed by atoms with Gasteiger partial charge in [0.15, 0.2) is 0 Å². The third-order valence-electron chi connectivity index (χ3n) is 4.17. The third kappa shape index (κ3) is 4.31. The van der Waals surface area contributed by atoms with Crippen LogP contribution in [0, 0.1) is 11.8 Å². The number of carbonyl (C=O) groups is 3. The number of thiophene rings is 1. The first-order valence-corrected chi connectivity index (χ1v) is 8.70. The molecule has 23 heavy (non-hydrogen) atoms. The van der Waals surface area contributed by atoms with E-state index in [9.17, 15) is 14.4 Å². The number of carbonyl (C=O) groups excluding carboxylic acids is 3. The van der Waals surface area contributed by atoms with E-state index >= 15 is 0 Å². The zero-order chi connectivity index (χ0) is 17.0. The van der Waals surface area contributed by atoms with E-state index in [1.165, 1.54) is 11.3 Å². The summed E-state index contributed by atoms with van der Waals surface area (Å²) in [6.45, 7) is 4.83. The summed E-state index contributed by atoms with van der Waals surface area (Å²) in [6, 6.07) is 2.98. The number of nitrogens with two attached hydrogens (primary N) is 1. The van der Waals surface area contributed by atoms with E-state index in [-0.39, 0.29) is 29.6 Å². The van der Waals surface area contributed by atoms with Gasteiger partial charge in [-0.3, -0.25) is 14.4 Å². The standard InChI is InChI=1S/C16H23N3O3S/c1-10(2)13(18-15(21)12-4-3-9-23-12)16(22)19-7-5-11(6-8-19)14(17)20/h3-4,9-11,13H,5-8H2,1-2H3,(H2,17,20)(H,18,21)/t13-/m0/s1. The molecule has 1 aliphatic rings. The van der Waals surface area contributed by atoms with Gasteiger partial charge in [-0.1, -0.05) is 19.9 Å². The Hall–Kier alpha value is -1.89. The number of amides is 3. The van der Waals surface area contributed by atoms with E-state index in [1.54, 1.807) is 17.0 Å². The van der Waals surface area contributed by atoms with Crippen LogP contribution in [0.1, 0.15) is 36.4 Å². The van der Waals surface area contributed by atoms with Gasteiger partial charge in [0.1, 0.15) is 6.04 Å². The largest absolute Gasteiger partial charge is 0.369 e. The molecule has 7 heteroatoms. The van der Waals surface area contributed by atoms with Crippen LogP contribution in [0.15, 0.2) is 17.5 Å². The van der Waals surface area contributed by atoms with E-state index in [0.29, 0.717) is 30.8 Å². The van der Waals surface area contributed by atoms with E-state index < -0.39 is 6.04 Å². The smallest absolute Gasteiger partial charge is 0.262 e. The van der Waals surface area contributed by atoms with Crippen molar-refractivity contribution < 1.29 is 14.4 Å². The Labute approximate surface area is 140 Å². The molecule has 6 nitrogen and oxygen atoms in total. The second kappa shape index (κ2) is 7.59. The lowest BCUT2D eigenvalue weighted by atomic mass is 9.94. The number of hydrogen-bond acceptors (Lipinski definition) is 4. The molecule has 1 aromatic rings. The van der Waals surface area contributed by atoms with Gasteiger partial charge in [-0.05, 0) is 30.2 Å². The Morgan fingerprint density at radius 3 is 2.43 bits per heavy atom. The molecule has 2 heterocycles. The van der Waals surface area contributed by atoms with Crippen molar-refractivity contribution in [1.82, 2.24) is 10.2 Å². The number of nitrogens with zero attached hydrogens (tertiary/aromatic N) is 1. The number of hydrogen-bond donors (Lipinski definition) is 2. The highest BCUT2D eigenvalue weighted by atomic mass is 32.1. The lowest BCUT2D eigenvalue weighted by Gasteiger charge is -2.34. The number of likely N-dealkylation sites (tertiary alicyclic amines) is 1. The minimum Gasteiger partial charge on any atom is -0.369 e. The summed E-state index contributed by atoms with van der Waals surface area (Å²) in [5.74, 6) is -0.784. The van der Waals surface area contributed by atoms with Crippen molar-refractivity contribution in [2.45, 2.75) is 32.7 Å². The minimum atomic E-state index is -0.560. The van der Waals surface area contributed by atoms with Crippen LogP contribution in [0.3, 0.4) is 0 Å². The maximum atomic E-state index is 12.7. The van der Waals surface area contributed by atoms with E-state index in [1.807, 2.05) is 19.2 Å². The fourth-order valence-corrected chi connectivity index (χ4v) is 3.34. The average molecular weight is 337 g/mol. The van der Waals surface area contributed by atoms with Crippen molar-refractivity contribution in [2.75, 3.05) is 13.1 Å². The lowest BCUT2D eigenvalue weighted by molar-refractivity contribution is -0.137. The van der Waals surface area contributed by atoms with E-state index in [0.717, 1.165) is 0 Å². The van der Waals surface area contributed by atoms with E-state index in [2.05, 4.69) is 5.32 Å². The molecule has 1 aliphatic heterocycles. The van der Waals surface area contributed by atoms with Crippen LogP contribution in [0.25, 0.3) is 0 Å². The zero-order valence-corrected chi connectivity index (χ0v) is 14.3. The fourth-order valence-electron chi connectivity index (χ4n) is 2.71. The van der Waals surface area contributed by atoms with Crippen LogP contribution in [-0.2, 0) is 9.59 Å². The van der Waals surface area contributed by atoms with Crippen LogP contribution in [0.5, 0.6) is 0 Å². The van der Waals surface area contributed by atoms with Gasteiger partial charge in [-0.25, -0.2) is 0 Å². The molecule has 0 aliphatic carbocycles. The van der Waals surface area contributed by atoms with Crippen LogP contribution in [0.4, 0.5) is 0 Å². The van der Waals surface area contributed by atoms with Crippen molar-refractivity contribution in [1.29, 1.82) is 0 Å². The van der Waals surface area contributed by atoms with Crippen LogP contribution in [-0.4, -0.2) is 41.8 Å². The molecule has 126 valence electrons. The second-order valence-electron chi connectivity index (χ2n) is 6.17. The number of rotatable bonds is 5. The summed E-state index contributed by atoms with van der Waals surface area (Å²) in [7, 11) is 0. The van der Waals surface area contributed by atoms with Gasteiger partial charge in [0.2, 0.25) is 11.8 Å². The normalized spacial score (nSPS) is 17.1. The number of primary amides is 1. The Kier molecular flexibility index (Phi) is 5.76. The van der Waals surface area contributed by atoms with Crippen molar-refractivity contribution in [3.63, 3.8) is 0 Å². The van der Waals surface area contributed by atoms with Gasteiger partial charge in [0.05, 0.1) is 4.88 Å². The Balaban J connectivity index is 1.99. The molecule has 1 aromatic heterocycles. The SMILES string of the molecule is CC(C)[C@H](NC(=O)c1cccs1)C(=O)N1CCC(C(N)=O)CC1. The average Bonchev–Trinajstić information content (AvgIpc) is 3.06. The van der Waals surface area contributed by atoms with Gasteiger partial charge in [0.25, 0.3) is 5.91 Å².